The highest BCUT2D eigenvalue weighted by atomic mass is 19.1. The molecule has 0 aliphatic heterocycles. The molecule has 27 heavy (non-hydrogen) atoms. The summed E-state index contributed by atoms with van der Waals surface area (Å²) in [6.45, 7) is 3.13. The molecule has 2 aromatic carbocycles. The standard InChI is InChI=1S/C20H20FN3O3/c1-12(19-9-14-5-3-4-6-18(14)27-19)23-20(26)11-22-15-7-8-16(21)17(10-15)24-13(2)25/h3-10,12,22H,11H2,1-2H3,(H,23,26)(H,24,25)/t12-/m1/s1. The molecule has 1 atom stereocenters. The summed E-state index contributed by atoms with van der Waals surface area (Å²) in [6, 6.07) is 13.4. The number of hydrogen-bond acceptors (Lipinski definition) is 4. The summed E-state index contributed by atoms with van der Waals surface area (Å²) >= 11 is 0. The number of carbonyl (C=O) groups is 2. The van der Waals surface area contributed by atoms with Gasteiger partial charge in [-0.3, -0.25) is 9.59 Å². The Morgan fingerprint density at radius 2 is 1.93 bits per heavy atom. The lowest BCUT2D eigenvalue weighted by molar-refractivity contribution is -0.120. The molecule has 140 valence electrons. The smallest absolute Gasteiger partial charge is 0.239 e. The van der Waals surface area contributed by atoms with Gasteiger partial charge in [-0.25, -0.2) is 4.39 Å². The average molecular weight is 369 g/mol. The van der Waals surface area contributed by atoms with Gasteiger partial charge in [0.2, 0.25) is 11.8 Å². The molecular formula is C20H20FN3O3. The van der Waals surface area contributed by atoms with Crippen LogP contribution in [-0.2, 0) is 9.59 Å². The van der Waals surface area contributed by atoms with Crippen LogP contribution < -0.4 is 16.0 Å². The molecule has 0 unspecified atom stereocenters. The lowest BCUT2D eigenvalue weighted by Gasteiger charge is -2.13. The number of amides is 2. The van der Waals surface area contributed by atoms with E-state index in [1.54, 1.807) is 0 Å². The highest BCUT2D eigenvalue weighted by Crippen LogP contribution is 2.23. The van der Waals surface area contributed by atoms with E-state index in [9.17, 15) is 14.0 Å². The number of furan rings is 1. The van der Waals surface area contributed by atoms with Gasteiger partial charge in [-0.1, -0.05) is 18.2 Å². The van der Waals surface area contributed by atoms with Crippen molar-refractivity contribution in [2.75, 3.05) is 17.2 Å². The summed E-state index contributed by atoms with van der Waals surface area (Å²) in [6.07, 6.45) is 0. The van der Waals surface area contributed by atoms with Gasteiger partial charge in [-0.15, -0.1) is 0 Å². The molecule has 2 amide bonds. The zero-order valence-electron chi connectivity index (χ0n) is 15.0. The molecule has 1 heterocycles. The third-order valence-corrected chi connectivity index (χ3v) is 3.98. The van der Waals surface area contributed by atoms with Gasteiger partial charge in [0, 0.05) is 18.0 Å². The molecular weight excluding hydrogens is 349 g/mol. The Balaban J connectivity index is 1.58. The zero-order chi connectivity index (χ0) is 19.4. The van der Waals surface area contributed by atoms with Gasteiger partial charge in [0.05, 0.1) is 18.3 Å². The van der Waals surface area contributed by atoms with Crippen molar-refractivity contribution in [2.24, 2.45) is 0 Å². The minimum atomic E-state index is -0.543. The zero-order valence-corrected chi connectivity index (χ0v) is 15.0. The first-order chi connectivity index (χ1) is 12.9. The molecule has 1 aromatic heterocycles. The quantitative estimate of drug-likeness (QED) is 0.617. The van der Waals surface area contributed by atoms with E-state index in [-0.39, 0.29) is 30.1 Å². The van der Waals surface area contributed by atoms with Crippen molar-refractivity contribution >= 4 is 34.2 Å². The molecule has 3 aromatic rings. The highest BCUT2D eigenvalue weighted by molar-refractivity contribution is 5.89. The van der Waals surface area contributed by atoms with Crippen LogP contribution in [0.1, 0.15) is 25.6 Å². The molecule has 0 aliphatic rings. The summed E-state index contributed by atoms with van der Waals surface area (Å²) in [4.78, 5) is 23.3. The van der Waals surface area contributed by atoms with E-state index in [4.69, 9.17) is 4.42 Å². The Morgan fingerprint density at radius 1 is 1.15 bits per heavy atom. The number of para-hydroxylation sites is 1. The van der Waals surface area contributed by atoms with E-state index < -0.39 is 5.82 Å². The molecule has 0 radical (unpaired) electrons. The predicted octanol–water partition coefficient (Wildman–Crippen LogP) is 3.82. The fourth-order valence-electron chi connectivity index (χ4n) is 2.68. The van der Waals surface area contributed by atoms with Gasteiger partial charge in [0.1, 0.15) is 17.2 Å². The van der Waals surface area contributed by atoms with E-state index in [0.29, 0.717) is 11.4 Å². The SMILES string of the molecule is CC(=O)Nc1cc(NCC(=O)N[C@H](C)c2cc3ccccc3o2)ccc1F. The lowest BCUT2D eigenvalue weighted by atomic mass is 10.2. The number of nitrogens with one attached hydrogen (secondary N) is 3. The molecule has 0 aliphatic carbocycles. The first kappa shape index (κ1) is 18.4. The Bertz CT molecular complexity index is 951. The highest BCUT2D eigenvalue weighted by Gasteiger charge is 2.14. The van der Waals surface area contributed by atoms with Crippen molar-refractivity contribution in [3.8, 4) is 0 Å². The van der Waals surface area contributed by atoms with Crippen molar-refractivity contribution in [3.63, 3.8) is 0 Å². The van der Waals surface area contributed by atoms with Gasteiger partial charge >= 0.3 is 0 Å². The maximum absolute atomic E-state index is 13.6. The number of fused-ring (bicyclic) bond motifs is 1. The van der Waals surface area contributed by atoms with Gasteiger partial charge in [-0.2, -0.15) is 0 Å². The Morgan fingerprint density at radius 3 is 2.67 bits per heavy atom. The minimum Gasteiger partial charge on any atom is -0.459 e. The fraction of sp³-hybridized carbons (Fsp3) is 0.200. The molecule has 7 heteroatoms. The average Bonchev–Trinajstić information content (AvgIpc) is 3.06. The normalized spacial score (nSPS) is 11.8. The molecule has 0 spiro atoms. The summed E-state index contributed by atoms with van der Waals surface area (Å²) < 4.78 is 19.4. The van der Waals surface area contributed by atoms with Crippen LogP contribution in [-0.4, -0.2) is 18.4 Å². The Kier molecular flexibility index (Phi) is 5.40. The third-order valence-electron chi connectivity index (χ3n) is 3.98. The second kappa shape index (κ2) is 7.90. The molecule has 0 fully saturated rings. The van der Waals surface area contributed by atoms with Gasteiger partial charge < -0.3 is 20.4 Å². The van der Waals surface area contributed by atoms with Crippen molar-refractivity contribution in [2.45, 2.75) is 19.9 Å². The lowest BCUT2D eigenvalue weighted by Crippen LogP contribution is -2.31. The Labute approximate surface area is 155 Å². The van der Waals surface area contributed by atoms with Crippen LogP contribution in [0, 0.1) is 5.82 Å². The Hall–Kier alpha value is -3.35. The maximum Gasteiger partial charge on any atom is 0.239 e. The largest absolute Gasteiger partial charge is 0.459 e. The predicted molar refractivity (Wildman–Crippen MR) is 102 cm³/mol. The van der Waals surface area contributed by atoms with E-state index in [2.05, 4.69) is 16.0 Å². The monoisotopic (exact) mass is 369 g/mol. The van der Waals surface area contributed by atoms with Gasteiger partial charge in [0.15, 0.2) is 0 Å². The van der Waals surface area contributed by atoms with Crippen LogP contribution in [0.15, 0.2) is 52.9 Å². The molecule has 3 rings (SSSR count). The maximum atomic E-state index is 13.6. The van der Waals surface area contributed by atoms with E-state index >= 15 is 0 Å². The summed E-state index contributed by atoms with van der Waals surface area (Å²) in [5.41, 5.74) is 1.35. The van der Waals surface area contributed by atoms with Crippen LogP contribution in [0.3, 0.4) is 0 Å². The second-order valence-electron chi connectivity index (χ2n) is 6.21. The molecule has 3 N–H and O–H groups in total. The van der Waals surface area contributed by atoms with Crippen LogP contribution >= 0.6 is 0 Å². The summed E-state index contributed by atoms with van der Waals surface area (Å²) in [5, 5.41) is 9.13. The molecule has 0 bridgehead atoms. The van der Waals surface area contributed by atoms with E-state index in [0.717, 1.165) is 11.0 Å². The topological polar surface area (TPSA) is 83.4 Å². The summed E-state index contributed by atoms with van der Waals surface area (Å²) in [5.74, 6) is -0.491. The summed E-state index contributed by atoms with van der Waals surface area (Å²) in [7, 11) is 0. The molecule has 0 saturated carbocycles. The number of benzene rings is 2. The van der Waals surface area contributed by atoms with Crippen molar-refractivity contribution in [1.82, 2.24) is 5.32 Å². The second-order valence-corrected chi connectivity index (χ2v) is 6.21. The third kappa shape index (κ3) is 4.63. The first-order valence-corrected chi connectivity index (χ1v) is 8.51. The number of carbonyl (C=O) groups excluding carboxylic acids is 2. The van der Waals surface area contributed by atoms with Crippen LogP contribution in [0.2, 0.25) is 0 Å². The van der Waals surface area contributed by atoms with E-state index in [1.165, 1.54) is 25.1 Å². The number of rotatable bonds is 6. The van der Waals surface area contributed by atoms with Gasteiger partial charge in [0.25, 0.3) is 0 Å². The van der Waals surface area contributed by atoms with Crippen molar-refractivity contribution in [1.29, 1.82) is 0 Å². The fourth-order valence-corrected chi connectivity index (χ4v) is 2.68. The number of anilines is 2. The van der Waals surface area contributed by atoms with Crippen LogP contribution in [0.5, 0.6) is 0 Å². The number of halogens is 1. The minimum absolute atomic E-state index is 0.00425. The first-order valence-electron chi connectivity index (χ1n) is 8.51. The van der Waals surface area contributed by atoms with Crippen molar-refractivity contribution in [3.05, 3.63) is 60.1 Å². The van der Waals surface area contributed by atoms with Crippen LogP contribution in [0.4, 0.5) is 15.8 Å². The molecule has 6 nitrogen and oxygen atoms in total. The van der Waals surface area contributed by atoms with E-state index in [1.807, 2.05) is 37.3 Å². The van der Waals surface area contributed by atoms with Crippen LogP contribution in [0.25, 0.3) is 11.0 Å². The molecule has 0 saturated heterocycles. The van der Waals surface area contributed by atoms with Gasteiger partial charge in [-0.05, 0) is 37.3 Å². The van der Waals surface area contributed by atoms with Crippen molar-refractivity contribution < 1.29 is 18.4 Å². The number of hydrogen-bond donors (Lipinski definition) is 3.